The molecule has 2 aromatic rings. The molecular weight excluding hydrogens is 317 g/mol. The van der Waals surface area contributed by atoms with Crippen LogP contribution in [-0.4, -0.2) is 24.0 Å². The van der Waals surface area contributed by atoms with Crippen molar-refractivity contribution in [2.24, 2.45) is 0 Å². The van der Waals surface area contributed by atoms with Crippen molar-refractivity contribution in [2.75, 3.05) is 18.4 Å². The Bertz CT molecular complexity index is 716. The summed E-state index contributed by atoms with van der Waals surface area (Å²) in [6.07, 6.45) is -3.69. The van der Waals surface area contributed by atoms with E-state index in [0.717, 1.165) is 18.1 Å². The molecule has 1 N–H and O–H groups in total. The molecule has 0 bridgehead atoms. The quantitative estimate of drug-likeness (QED) is 0.846. The number of halogens is 3. The molecule has 0 unspecified atom stereocenters. The summed E-state index contributed by atoms with van der Waals surface area (Å²) in [5, 5.41) is 2.40. The number of carbonyl (C=O) groups excluding carboxylic acids is 1. The third-order valence-electron chi connectivity index (χ3n) is 4.22. The highest BCUT2D eigenvalue weighted by Crippen LogP contribution is 2.35. The Balaban J connectivity index is 1.69. The van der Waals surface area contributed by atoms with Crippen molar-refractivity contribution in [2.45, 2.75) is 18.5 Å². The summed E-state index contributed by atoms with van der Waals surface area (Å²) in [7, 11) is 0. The smallest absolute Gasteiger partial charge is 0.324 e. The predicted octanol–water partition coefficient (Wildman–Crippen LogP) is 4.73. The molecule has 1 atom stereocenters. The maximum absolute atomic E-state index is 13.0. The number of amides is 2. The molecule has 126 valence electrons. The molecule has 0 aromatic heterocycles. The van der Waals surface area contributed by atoms with Crippen LogP contribution in [0, 0.1) is 0 Å². The third kappa shape index (κ3) is 3.53. The average Bonchev–Trinajstić information content (AvgIpc) is 3.05. The molecule has 1 aliphatic heterocycles. The fourth-order valence-electron chi connectivity index (χ4n) is 2.98. The number of urea groups is 1. The highest BCUT2D eigenvalue weighted by atomic mass is 19.4. The van der Waals surface area contributed by atoms with Gasteiger partial charge in [-0.2, -0.15) is 13.2 Å². The number of rotatable bonds is 2. The van der Waals surface area contributed by atoms with Crippen molar-refractivity contribution in [1.29, 1.82) is 0 Å². The number of alkyl halides is 3. The van der Waals surface area contributed by atoms with E-state index >= 15 is 0 Å². The van der Waals surface area contributed by atoms with E-state index in [9.17, 15) is 18.0 Å². The van der Waals surface area contributed by atoms with Crippen molar-refractivity contribution in [1.82, 2.24) is 4.90 Å². The van der Waals surface area contributed by atoms with E-state index in [2.05, 4.69) is 5.32 Å². The number of hydrogen-bond donors (Lipinski definition) is 1. The summed E-state index contributed by atoms with van der Waals surface area (Å²) in [6.45, 7) is 1.03. The molecule has 6 heteroatoms. The van der Waals surface area contributed by atoms with Gasteiger partial charge in [0, 0.05) is 19.0 Å². The molecule has 2 amide bonds. The summed E-state index contributed by atoms with van der Waals surface area (Å²) in [5.74, 6) is 0.217. The number of nitrogens with zero attached hydrogens (tertiary/aromatic N) is 1. The van der Waals surface area contributed by atoms with E-state index < -0.39 is 17.8 Å². The van der Waals surface area contributed by atoms with Crippen LogP contribution >= 0.6 is 0 Å². The molecule has 1 aliphatic rings. The van der Waals surface area contributed by atoms with Gasteiger partial charge >= 0.3 is 12.2 Å². The lowest BCUT2D eigenvalue weighted by Crippen LogP contribution is -2.33. The lowest BCUT2D eigenvalue weighted by Gasteiger charge is -2.19. The second-order valence-corrected chi connectivity index (χ2v) is 5.82. The Morgan fingerprint density at radius 2 is 1.71 bits per heavy atom. The maximum atomic E-state index is 13.0. The van der Waals surface area contributed by atoms with Gasteiger partial charge in [-0.3, -0.25) is 0 Å². The molecule has 0 saturated carbocycles. The topological polar surface area (TPSA) is 32.3 Å². The van der Waals surface area contributed by atoms with Gasteiger partial charge in [-0.05, 0) is 24.1 Å². The van der Waals surface area contributed by atoms with Gasteiger partial charge < -0.3 is 10.2 Å². The Morgan fingerprint density at radius 3 is 2.42 bits per heavy atom. The summed E-state index contributed by atoms with van der Waals surface area (Å²) in [5.41, 5.74) is 0.0961. The number of anilines is 1. The molecule has 0 aliphatic carbocycles. The van der Waals surface area contributed by atoms with E-state index in [-0.39, 0.29) is 11.6 Å². The van der Waals surface area contributed by atoms with Crippen LogP contribution in [0.4, 0.5) is 23.7 Å². The monoisotopic (exact) mass is 334 g/mol. The van der Waals surface area contributed by atoms with Gasteiger partial charge in [0.1, 0.15) is 0 Å². The highest BCUT2D eigenvalue weighted by molar-refractivity contribution is 5.90. The Morgan fingerprint density at radius 1 is 1.04 bits per heavy atom. The first-order valence-electron chi connectivity index (χ1n) is 7.72. The molecule has 3 rings (SSSR count). The first-order chi connectivity index (χ1) is 11.4. The summed E-state index contributed by atoms with van der Waals surface area (Å²) in [4.78, 5) is 13.9. The van der Waals surface area contributed by atoms with Crippen molar-refractivity contribution in [3.05, 3.63) is 65.7 Å². The Hall–Kier alpha value is -2.50. The molecule has 1 heterocycles. The van der Waals surface area contributed by atoms with E-state index in [1.54, 1.807) is 4.90 Å². The first kappa shape index (κ1) is 16.4. The SMILES string of the molecule is O=C(Nc1ccccc1C(F)(F)F)N1CC[C@@H](c2ccccc2)C1. The van der Waals surface area contributed by atoms with Gasteiger partial charge in [-0.15, -0.1) is 0 Å². The van der Waals surface area contributed by atoms with Gasteiger partial charge in [0.05, 0.1) is 11.3 Å². The first-order valence-corrected chi connectivity index (χ1v) is 7.72. The summed E-state index contributed by atoms with van der Waals surface area (Å²) in [6, 6.07) is 14.3. The van der Waals surface area contributed by atoms with E-state index in [0.29, 0.717) is 13.1 Å². The Kier molecular flexibility index (Phi) is 4.46. The number of para-hydroxylation sites is 1. The minimum atomic E-state index is -4.50. The number of benzene rings is 2. The zero-order chi connectivity index (χ0) is 17.2. The molecule has 24 heavy (non-hydrogen) atoms. The molecular formula is C18H17F3N2O. The third-order valence-corrected chi connectivity index (χ3v) is 4.22. The fourth-order valence-corrected chi connectivity index (χ4v) is 2.98. The van der Waals surface area contributed by atoms with Crippen molar-refractivity contribution < 1.29 is 18.0 Å². The molecule has 3 nitrogen and oxygen atoms in total. The van der Waals surface area contributed by atoms with Crippen LogP contribution in [0.1, 0.15) is 23.5 Å². The molecule has 1 fully saturated rings. The number of nitrogens with one attached hydrogen (secondary N) is 1. The van der Waals surface area contributed by atoms with Crippen LogP contribution in [0.2, 0.25) is 0 Å². The lowest BCUT2D eigenvalue weighted by molar-refractivity contribution is -0.136. The number of hydrogen-bond acceptors (Lipinski definition) is 1. The second kappa shape index (κ2) is 6.55. The van der Waals surface area contributed by atoms with E-state index in [1.807, 2.05) is 30.3 Å². The van der Waals surface area contributed by atoms with E-state index in [4.69, 9.17) is 0 Å². The van der Waals surface area contributed by atoms with Crippen LogP contribution < -0.4 is 5.32 Å². The standard InChI is InChI=1S/C18H17F3N2O/c19-18(20,21)15-8-4-5-9-16(15)22-17(24)23-11-10-14(12-23)13-6-2-1-3-7-13/h1-9,14H,10-12H2,(H,22,24)/t14-/m1/s1. The normalized spacial score (nSPS) is 17.8. The van der Waals surface area contributed by atoms with Gasteiger partial charge in [-0.25, -0.2) is 4.79 Å². The van der Waals surface area contributed by atoms with Crippen molar-refractivity contribution >= 4 is 11.7 Å². The zero-order valence-corrected chi connectivity index (χ0v) is 12.9. The van der Waals surface area contributed by atoms with Crippen molar-refractivity contribution in [3.8, 4) is 0 Å². The van der Waals surface area contributed by atoms with Gasteiger partial charge in [0.25, 0.3) is 0 Å². The van der Waals surface area contributed by atoms with Gasteiger partial charge in [-0.1, -0.05) is 42.5 Å². The van der Waals surface area contributed by atoms with Crippen LogP contribution in [0.15, 0.2) is 54.6 Å². The average molecular weight is 334 g/mol. The summed E-state index contributed by atoms with van der Waals surface area (Å²) >= 11 is 0. The van der Waals surface area contributed by atoms with Gasteiger partial charge in [0.2, 0.25) is 0 Å². The van der Waals surface area contributed by atoms with E-state index in [1.165, 1.54) is 18.2 Å². The predicted molar refractivity (Wildman–Crippen MR) is 85.8 cm³/mol. The van der Waals surface area contributed by atoms with Crippen LogP contribution in [0.25, 0.3) is 0 Å². The van der Waals surface area contributed by atoms with Crippen LogP contribution in [0.3, 0.4) is 0 Å². The largest absolute Gasteiger partial charge is 0.418 e. The maximum Gasteiger partial charge on any atom is 0.418 e. The minimum absolute atomic E-state index is 0.210. The number of carbonyl (C=O) groups is 1. The van der Waals surface area contributed by atoms with Crippen LogP contribution in [-0.2, 0) is 6.18 Å². The molecule has 0 radical (unpaired) electrons. The molecule has 2 aromatic carbocycles. The fraction of sp³-hybridized carbons (Fsp3) is 0.278. The molecule has 1 saturated heterocycles. The van der Waals surface area contributed by atoms with Crippen LogP contribution in [0.5, 0.6) is 0 Å². The minimum Gasteiger partial charge on any atom is -0.324 e. The zero-order valence-electron chi connectivity index (χ0n) is 12.9. The highest BCUT2D eigenvalue weighted by Gasteiger charge is 2.34. The Labute approximate surface area is 138 Å². The summed E-state index contributed by atoms with van der Waals surface area (Å²) < 4.78 is 39.0. The lowest BCUT2D eigenvalue weighted by atomic mass is 9.99. The number of likely N-dealkylation sites (tertiary alicyclic amines) is 1. The molecule has 0 spiro atoms. The second-order valence-electron chi connectivity index (χ2n) is 5.82. The van der Waals surface area contributed by atoms with Crippen molar-refractivity contribution in [3.63, 3.8) is 0 Å². The van der Waals surface area contributed by atoms with Gasteiger partial charge in [0.15, 0.2) is 0 Å².